The Hall–Kier alpha value is -3.00. The van der Waals surface area contributed by atoms with Gasteiger partial charge in [-0.2, -0.15) is 21.6 Å². The van der Waals surface area contributed by atoms with Crippen LogP contribution in [0.25, 0.3) is 0 Å². The fourth-order valence-corrected chi connectivity index (χ4v) is 3.48. The molecule has 1 fully saturated rings. The Kier molecular flexibility index (Phi) is 7.37. The second-order valence-corrected chi connectivity index (χ2v) is 8.29. The maximum atomic E-state index is 12.8. The van der Waals surface area contributed by atoms with Crippen molar-refractivity contribution in [3.8, 4) is 0 Å². The Bertz CT molecular complexity index is 1070. The smallest absolute Gasteiger partial charge is 0.459 e. The van der Waals surface area contributed by atoms with E-state index >= 15 is 0 Å². The van der Waals surface area contributed by atoms with Gasteiger partial charge in [-0.1, -0.05) is 36.4 Å². The third-order valence-electron chi connectivity index (χ3n) is 4.45. The number of carbonyl (C=O) groups is 2. The Balaban J connectivity index is 1.81. The average molecular weight is 490 g/mol. The molecule has 13 heteroatoms. The van der Waals surface area contributed by atoms with E-state index in [2.05, 4.69) is 4.18 Å². The predicted molar refractivity (Wildman–Crippen MR) is 103 cm³/mol. The van der Waals surface area contributed by atoms with Crippen LogP contribution in [-0.4, -0.2) is 62.2 Å². The van der Waals surface area contributed by atoms with E-state index in [0.29, 0.717) is 0 Å². The highest BCUT2D eigenvalue weighted by Crippen LogP contribution is 2.33. The molecule has 3 rings (SSSR count). The van der Waals surface area contributed by atoms with Crippen LogP contribution in [0.15, 0.2) is 60.7 Å². The second kappa shape index (κ2) is 9.87. The highest BCUT2D eigenvalue weighted by atomic mass is 32.2. The van der Waals surface area contributed by atoms with Crippen LogP contribution >= 0.6 is 0 Å². The summed E-state index contributed by atoms with van der Waals surface area (Å²) in [6.45, 7) is -0.691. The van der Waals surface area contributed by atoms with Crippen LogP contribution in [0.5, 0.6) is 0 Å². The fourth-order valence-electron chi connectivity index (χ4n) is 2.87. The maximum absolute atomic E-state index is 12.8. The van der Waals surface area contributed by atoms with Crippen LogP contribution in [0, 0.1) is 0 Å². The van der Waals surface area contributed by atoms with Crippen molar-refractivity contribution in [3.05, 3.63) is 71.8 Å². The van der Waals surface area contributed by atoms with Gasteiger partial charge in [0.2, 0.25) is 0 Å². The second-order valence-electron chi connectivity index (χ2n) is 6.73. The van der Waals surface area contributed by atoms with E-state index in [1.165, 1.54) is 36.4 Å². The van der Waals surface area contributed by atoms with Gasteiger partial charge in [0.05, 0.1) is 11.1 Å². The molecule has 1 aliphatic heterocycles. The van der Waals surface area contributed by atoms with Gasteiger partial charge < -0.3 is 19.3 Å². The van der Waals surface area contributed by atoms with Crippen molar-refractivity contribution in [1.82, 2.24) is 0 Å². The summed E-state index contributed by atoms with van der Waals surface area (Å²) in [5.41, 5.74) is -5.68. The van der Waals surface area contributed by atoms with Gasteiger partial charge >= 0.3 is 27.6 Å². The highest BCUT2D eigenvalue weighted by molar-refractivity contribution is 7.87. The molecular formula is C20H17F3O9S. The Morgan fingerprint density at radius 3 is 1.94 bits per heavy atom. The minimum atomic E-state index is -6.18. The van der Waals surface area contributed by atoms with Crippen LogP contribution in [0.1, 0.15) is 20.7 Å². The molecule has 1 heterocycles. The van der Waals surface area contributed by atoms with Crippen LogP contribution < -0.4 is 0 Å². The molecule has 33 heavy (non-hydrogen) atoms. The molecule has 9 nitrogen and oxygen atoms in total. The zero-order valence-corrected chi connectivity index (χ0v) is 17.4. The number of carbonyl (C=O) groups excluding carboxylic acids is 2. The zero-order valence-electron chi connectivity index (χ0n) is 16.5. The summed E-state index contributed by atoms with van der Waals surface area (Å²) in [6.07, 6.45) is -7.91. The molecule has 2 aromatic carbocycles. The van der Waals surface area contributed by atoms with E-state index in [1.54, 1.807) is 24.3 Å². The van der Waals surface area contributed by atoms with Gasteiger partial charge in [0.15, 0.2) is 18.5 Å². The van der Waals surface area contributed by atoms with Gasteiger partial charge in [0.25, 0.3) is 0 Å². The van der Waals surface area contributed by atoms with Gasteiger partial charge in [-0.25, -0.2) is 9.59 Å². The fraction of sp³-hybridized carbons (Fsp3) is 0.300. The van der Waals surface area contributed by atoms with Gasteiger partial charge in [-0.15, -0.1) is 0 Å². The molecule has 1 aliphatic rings. The first-order valence-corrected chi connectivity index (χ1v) is 10.7. The number of hydrogen-bond acceptors (Lipinski definition) is 9. The van der Waals surface area contributed by atoms with Crippen LogP contribution in [-0.2, 0) is 28.5 Å². The lowest BCUT2D eigenvalue weighted by atomic mass is 10.1. The Labute approximate surface area is 185 Å². The molecule has 1 saturated heterocycles. The zero-order chi connectivity index (χ0) is 24.2. The lowest BCUT2D eigenvalue weighted by molar-refractivity contribution is -0.132. The van der Waals surface area contributed by atoms with E-state index in [1.807, 2.05) is 0 Å². The number of hydrogen-bond donors (Lipinski definition) is 1. The van der Waals surface area contributed by atoms with E-state index in [-0.39, 0.29) is 11.1 Å². The molecule has 178 valence electrons. The third-order valence-corrected chi connectivity index (χ3v) is 5.49. The largest absolute Gasteiger partial charge is 0.523 e. The monoisotopic (exact) mass is 490 g/mol. The molecule has 1 N–H and O–H groups in total. The van der Waals surface area contributed by atoms with Crippen molar-refractivity contribution in [1.29, 1.82) is 0 Å². The summed E-state index contributed by atoms with van der Waals surface area (Å²) < 4.78 is 80.6. The number of ether oxygens (including phenoxy) is 3. The molecule has 0 radical (unpaired) electrons. The number of esters is 2. The molecular weight excluding hydrogens is 473 g/mol. The van der Waals surface area contributed by atoms with Crippen molar-refractivity contribution < 1.29 is 54.7 Å². The van der Waals surface area contributed by atoms with E-state index < -0.39 is 58.8 Å². The molecule has 0 spiro atoms. The van der Waals surface area contributed by atoms with E-state index in [9.17, 15) is 36.3 Å². The summed E-state index contributed by atoms with van der Waals surface area (Å²) >= 11 is 0. The van der Waals surface area contributed by atoms with Crippen molar-refractivity contribution in [2.45, 2.75) is 30.1 Å². The normalized spacial score (nSPS) is 23.2. The number of aliphatic hydroxyl groups is 1. The lowest BCUT2D eigenvalue weighted by Crippen LogP contribution is -2.43. The van der Waals surface area contributed by atoms with E-state index in [0.717, 1.165) is 0 Å². The molecule has 2 aromatic rings. The Morgan fingerprint density at radius 1 is 0.909 bits per heavy atom. The number of halogens is 3. The third kappa shape index (κ3) is 5.87. The Morgan fingerprint density at radius 2 is 1.42 bits per heavy atom. The first kappa shape index (κ1) is 24.6. The van der Waals surface area contributed by atoms with E-state index in [4.69, 9.17) is 14.2 Å². The molecule has 0 unspecified atom stereocenters. The summed E-state index contributed by atoms with van der Waals surface area (Å²) in [5.74, 6) is -1.90. The van der Waals surface area contributed by atoms with Crippen LogP contribution in [0.2, 0.25) is 0 Å². The topological polar surface area (TPSA) is 125 Å². The van der Waals surface area contributed by atoms with Gasteiger partial charge in [-0.05, 0) is 24.3 Å². The summed E-state index contributed by atoms with van der Waals surface area (Å²) in [4.78, 5) is 24.6. The summed E-state index contributed by atoms with van der Waals surface area (Å²) in [5, 5.41) is 10.0. The summed E-state index contributed by atoms with van der Waals surface area (Å²) in [6, 6.07) is 14.9. The molecule has 0 saturated carbocycles. The lowest BCUT2D eigenvalue weighted by Gasteiger charge is -2.23. The predicted octanol–water partition coefficient (Wildman–Crippen LogP) is 2.02. The molecule has 0 amide bonds. The van der Waals surface area contributed by atoms with Crippen LogP contribution in [0.4, 0.5) is 13.2 Å². The standard InChI is InChI=1S/C20H17F3O9S/c21-20(22,23)33(27,28)32-16-15(31-18(25)13-9-5-2-6-10-13)14(30-19(16)26)11-29-17(24)12-7-3-1-4-8-12/h1-10,14-16,19,26H,11H2/t14-,15-,16+,19-/m1/s1. The maximum Gasteiger partial charge on any atom is 0.523 e. The average Bonchev–Trinajstić information content (AvgIpc) is 3.06. The molecule has 0 aliphatic carbocycles. The quantitative estimate of drug-likeness (QED) is 0.352. The first-order chi connectivity index (χ1) is 15.5. The SMILES string of the molecule is O=C(OC[C@H]1O[C@@H](O)[C@@H](OS(=O)(=O)C(F)(F)F)[C@@H]1OC(=O)c1ccccc1)c1ccccc1. The van der Waals surface area contributed by atoms with Gasteiger partial charge in [0, 0.05) is 0 Å². The highest BCUT2D eigenvalue weighted by Gasteiger charge is 2.56. The van der Waals surface area contributed by atoms with Crippen molar-refractivity contribution in [3.63, 3.8) is 0 Å². The minimum Gasteiger partial charge on any atom is -0.459 e. The molecule has 4 atom stereocenters. The van der Waals surface area contributed by atoms with Crippen molar-refractivity contribution in [2.24, 2.45) is 0 Å². The number of alkyl halides is 3. The van der Waals surface area contributed by atoms with Crippen LogP contribution in [0.3, 0.4) is 0 Å². The van der Waals surface area contributed by atoms with Crippen molar-refractivity contribution >= 4 is 22.1 Å². The number of rotatable bonds is 7. The van der Waals surface area contributed by atoms with Crippen molar-refractivity contribution in [2.75, 3.05) is 6.61 Å². The minimum absolute atomic E-state index is 0.0173. The number of aliphatic hydroxyl groups excluding tert-OH is 1. The molecule has 0 bridgehead atoms. The first-order valence-electron chi connectivity index (χ1n) is 9.31. The molecule has 0 aromatic heterocycles. The number of benzene rings is 2. The summed E-state index contributed by atoms with van der Waals surface area (Å²) in [7, 11) is -6.18. The van der Waals surface area contributed by atoms with Gasteiger partial charge in [0.1, 0.15) is 12.7 Å². The van der Waals surface area contributed by atoms with Gasteiger partial charge in [-0.3, -0.25) is 4.18 Å².